The van der Waals surface area contributed by atoms with E-state index in [4.69, 9.17) is 9.96 Å². The fourth-order valence-corrected chi connectivity index (χ4v) is 5.46. The standard InChI is InChI=1S/C24H24BN4O.Ru/c1-14-12-13-17-23-22(14)28-16(3)27(18-8-7-11-21(30-5)15(18)2)19-9-6-10-20(24(19)28)29(23)25(4)26-17;/h6-13,16H,1-5H3;/q-1;+1/t16-;/m1./s1. The minimum Gasteiger partial charge on any atom is -0.687 e. The molecule has 157 valence electrons. The van der Waals surface area contributed by atoms with Gasteiger partial charge in [-0.15, -0.1) is 5.69 Å². The number of para-hydroxylation sites is 1. The average molecular weight is 496 g/mol. The summed E-state index contributed by atoms with van der Waals surface area (Å²) in [6.07, 6.45) is 0.134. The molecular formula is C24H24BN4ORu. The van der Waals surface area contributed by atoms with Gasteiger partial charge in [-0.3, -0.25) is 0 Å². The fraction of sp³-hybridized carbons (Fsp3) is 0.250. The van der Waals surface area contributed by atoms with Crippen molar-refractivity contribution in [3.8, 4) is 5.75 Å². The van der Waals surface area contributed by atoms with E-state index in [0.717, 1.165) is 17.0 Å². The second-order valence-electron chi connectivity index (χ2n) is 8.35. The van der Waals surface area contributed by atoms with E-state index in [-0.39, 0.29) is 32.6 Å². The number of aryl methyl sites for hydroxylation is 1. The van der Waals surface area contributed by atoms with Crippen LogP contribution in [0.25, 0.3) is 5.23 Å². The van der Waals surface area contributed by atoms with Crippen molar-refractivity contribution < 1.29 is 24.2 Å². The predicted molar refractivity (Wildman–Crippen MR) is 126 cm³/mol. The van der Waals surface area contributed by atoms with Gasteiger partial charge in [0, 0.05) is 16.9 Å². The summed E-state index contributed by atoms with van der Waals surface area (Å²) in [4.78, 5) is 7.35. The Morgan fingerprint density at radius 1 is 0.871 bits per heavy atom. The van der Waals surface area contributed by atoms with Crippen molar-refractivity contribution in [2.45, 2.75) is 33.8 Å². The van der Waals surface area contributed by atoms with Crippen LogP contribution in [0.15, 0.2) is 48.5 Å². The van der Waals surface area contributed by atoms with Crippen molar-refractivity contribution in [2.75, 3.05) is 21.7 Å². The van der Waals surface area contributed by atoms with Gasteiger partial charge in [-0.1, -0.05) is 31.1 Å². The van der Waals surface area contributed by atoms with Crippen LogP contribution in [-0.2, 0) is 19.5 Å². The van der Waals surface area contributed by atoms with Gasteiger partial charge in [0.1, 0.15) is 11.9 Å². The Morgan fingerprint density at radius 3 is 2.35 bits per heavy atom. The largest absolute Gasteiger partial charge is 1.00 e. The van der Waals surface area contributed by atoms with Gasteiger partial charge in [-0.25, -0.2) is 0 Å². The molecule has 0 saturated heterocycles. The van der Waals surface area contributed by atoms with E-state index >= 15 is 0 Å². The van der Waals surface area contributed by atoms with Gasteiger partial charge in [0.15, 0.2) is 6.98 Å². The zero-order valence-electron chi connectivity index (χ0n) is 18.3. The summed E-state index contributed by atoms with van der Waals surface area (Å²) in [6.45, 7) is 8.90. The molecule has 0 aromatic heterocycles. The monoisotopic (exact) mass is 497 g/mol. The molecule has 6 rings (SSSR count). The molecule has 0 unspecified atom stereocenters. The van der Waals surface area contributed by atoms with Crippen LogP contribution in [0.4, 0.5) is 39.8 Å². The Bertz CT molecular complexity index is 1220. The minimum atomic E-state index is 0. The summed E-state index contributed by atoms with van der Waals surface area (Å²) < 4.78 is 5.63. The topological polar surface area (TPSA) is 33.1 Å². The third-order valence-corrected chi connectivity index (χ3v) is 6.75. The fourth-order valence-electron chi connectivity index (χ4n) is 5.46. The molecule has 3 aliphatic rings. The maximum atomic E-state index is 5.63. The first-order chi connectivity index (χ1) is 14.5. The van der Waals surface area contributed by atoms with Crippen molar-refractivity contribution in [3.63, 3.8) is 0 Å². The van der Waals surface area contributed by atoms with E-state index < -0.39 is 0 Å². The second kappa shape index (κ2) is 6.93. The Hall–Kier alpha value is -2.65. The molecule has 3 aromatic carbocycles. The summed E-state index contributed by atoms with van der Waals surface area (Å²) >= 11 is 0. The zero-order valence-corrected chi connectivity index (χ0v) is 20.1. The van der Waals surface area contributed by atoms with Gasteiger partial charge in [0.25, 0.3) is 0 Å². The van der Waals surface area contributed by atoms with Crippen LogP contribution in [-0.4, -0.2) is 20.3 Å². The van der Waals surface area contributed by atoms with E-state index in [9.17, 15) is 0 Å². The second-order valence-corrected chi connectivity index (χ2v) is 8.35. The van der Waals surface area contributed by atoms with Crippen molar-refractivity contribution in [1.29, 1.82) is 0 Å². The van der Waals surface area contributed by atoms with Crippen molar-refractivity contribution >= 4 is 46.8 Å². The molecule has 7 heteroatoms. The maximum absolute atomic E-state index is 5.63. The molecule has 0 bridgehead atoms. The minimum absolute atomic E-state index is 0. The van der Waals surface area contributed by atoms with Gasteiger partial charge in [0.2, 0.25) is 0 Å². The zero-order chi connectivity index (χ0) is 20.7. The molecular weight excluding hydrogens is 472 g/mol. The first-order valence-electron chi connectivity index (χ1n) is 10.5. The van der Waals surface area contributed by atoms with Gasteiger partial charge < -0.3 is 24.6 Å². The number of ether oxygens (including phenoxy) is 1. The third kappa shape index (κ3) is 2.47. The maximum Gasteiger partial charge on any atom is 1.00 e. The van der Waals surface area contributed by atoms with Crippen molar-refractivity contribution in [1.82, 2.24) is 0 Å². The molecule has 1 atom stereocenters. The van der Waals surface area contributed by atoms with Crippen molar-refractivity contribution in [3.05, 3.63) is 64.9 Å². The molecule has 0 fully saturated rings. The Labute approximate surface area is 196 Å². The average Bonchev–Trinajstić information content (AvgIpc) is 3.23. The summed E-state index contributed by atoms with van der Waals surface area (Å²) in [5.41, 5.74) is 10.9. The SMILES string of the molecule is COc1cccc(N2c3cccc4c3N(c3c(C)ccc5c3N4B(C)[N-]5)[C@@H]2C)c1C.[Ru+]. The van der Waals surface area contributed by atoms with Gasteiger partial charge in [0.05, 0.1) is 29.9 Å². The molecule has 0 amide bonds. The Kier molecular flexibility index (Phi) is 4.53. The molecule has 0 spiro atoms. The molecule has 31 heavy (non-hydrogen) atoms. The number of benzene rings is 3. The number of hydrogen-bond acceptors (Lipinski definition) is 4. The molecule has 3 aromatic rings. The summed E-state index contributed by atoms with van der Waals surface area (Å²) in [6, 6.07) is 17.3. The van der Waals surface area contributed by atoms with Gasteiger partial charge in [-0.2, -0.15) is 0 Å². The summed E-state index contributed by atoms with van der Waals surface area (Å²) in [7, 11) is 1.74. The molecule has 3 aliphatic heterocycles. The number of nitrogens with zero attached hydrogens (tertiary/aromatic N) is 4. The molecule has 0 aliphatic carbocycles. The van der Waals surface area contributed by atoms with E-state index in [1.807, 2.05) is 6.07 Å². The molecule has 1 radical (unpaired) electrons. The molecule has 0 saturated carbocycles. The Balaban J connectivity index is 0.00000204. The quantitative estimate of drug-likeness (QED) is 0.378. The van der Waals surface area contributed by atoms with Gasteiger partial charge >= 0.3 is 19.5 Å². The van der Waals surface area contributed by atoms with Crippen molar-refractivity contribution in [2.24, 2.45) is 0 Å². The van der Waals surface area contributed by atoms with E-state index in [0.29, 0.717) is 0 Å². The molecule has 3 heterocycles. The summed E-state index contributed by atoms with van der Waals surface area (Å²) in [5.74, 6) is 0.916. The summed E-state index contributed by atoms with van der Waals surface area (Å²) in [5, 5.41) is 4.94. The van der Waals surface area contributed by atoms with Crippen LogP contribution in [0.2, 0.25) is 6.82 Å². The van der Waals surface area contributed by atoms with Crippen LogP contribution in [0.3, 0.4) is 0 Å². The normalized spacial score (nSPS) is 17.3. The van der Waals surface area contributed by atoms with Crippen LogP contribution < -0.4 is 19.3 Å². The Morgan fingerprint density at radius 2 is 1.58 bits per heavy atom. The van der Waals surface area contributed by atoms with Crippen LogP contribution in [0, 0.1) is 13.8 Å². The number of fused-ring (bicyclic) bond motifs is 2. The van der Waals surface area contributed by atoms with Crippen LogP contribution >= 0.6 is 0 Å². The number of methoxy groups -OCH3 is 1. The first kappa shape index (κ1) is 20.3. The first-order valence-corrected chi connectivity index (χ1v) is 10.5. The number of rotatable bonds is 2. The van der Waals surface area contributed by atoms with E-state index in [2.05, 4.69) is 84.7 Å². The smallest absolute Gasteiger partial charge is 0.687 e. The van der Waals surface area contributed by atoms with Crippen LogP contribution in [0.5, 0.6) is 5.75 Å². The van der Waals surface area contributed by atoms with E-state index in [1.54, 1.807) is 7.11 Å². The number of anilines is 6. The van der Waals surface area contributed by atoms with Gasteiger partial charge in [-0.05, 0) is 50.6 Å². The van der Waals surface area contributed by atoms with Crippen LogP contribution in [0.1, 0.15) is 18.1 Å². The predicted octanol–water partition coefficient (Wildman–Crippen LogP) is 6.53. The molecule has 0 N–H and O–H groups in total. The van der Waals surface area contributed by atoms with E-state index in [1.165, 1.54) is 39.7 Å². The third-order valence-electron chi connectivity index (χ3n) is 6.75. The molecule has 5 nitrogen and oxygen atoms in total. The number of hydrogen-bond donors (Lipinski definition) is 0.